The molecule has 1 fully saturated rings. The second-order valence-electron chi connectivity index (χ2n) is 6.09. The molecule has 0 unspecified atom stereocenters. The fraction of sp³-hybridized carbons (Fsp3) is 0.300. The Kier molecular flexibility index (Phi) is 6.12. The lowest BCUT2D eigenvalue weighted by molar-refractivity contribution is 0.0730. The van der Waals surface area contributed by atoms with Crippen LogP contribution in [0.2, 0.25) is 5.02 Å². The van der Waals surface area contributed by atoms with Crippen LogP contribution in [0.15, 0.2) is 42.5 Å². The van der Waals surface area contributed by atoms with Crippen LogP contribution in [0.25, 0.3) is 0 Å². The highest BCUT2D eigenvalue weighted by Gasteiger charge is 2.19. The molecule has 6 heteroatoms. The maximum Gasteiger partial charge on any atom is 0.345 e. The van der Waals surface area contributed by atoms with Crippen molar-refractivity contribution in [2.24, 2.45) is 0 Å². The number of benzene rings is 2. The van der Waals surface area contributed by atoms with Gasteiger partial charge in [0.1, 0.15) is 4.99 Å². The molecule has 2 aromatic carbocycles. The van der Waals surface area contributed by atoms with E-state index in [1.807, 2.05) is 12.1 Å². The van der Waals surface area contributed by atoms with Crippen molar-refractivity contribution in [1.82, 2.24) is 4.90 Å². The summed E-state index contributed by atoms with van der Waals surface area (Å²) >= 11 is 11.7. The Morgan fingerprint density at radius 1 is 1.08 bits per heavy atom. The molecule has 0 amide bonds. The topological polar surface area (TPSA) is 38.8 Å². The van der Waals surface area contributed by atoms with Crippen molar-refractivity contribution in [3.05, 3.63) is 58.6 Å². The summed E-state index contributed by atoms with van der Waals surface area (Å²) < 4.78 is 10.9. The van der Waals surface area contributed by atoms with Crippen molar-refractivity contribution < 1.29 is 14.3 Å². The number of methoxy groups -OCH3 is 1. The minimum absolute atomic E-state index is 0.309. The molecular weight excluding hydrogens is 370 g/mol. The fourth-order valence-corrected chi connectivity index (χ4v) is 3.47. The lowest BCUT2D eigenvalue weighted by atomic mass is 10.1. The molecule has 0 aliphatic carbocycles. The third-order valence-corrected chi connectivity index (χ3v) is 5.17. The molecule has 0 radical (unpaired) electrons. The van der Waals surface area contributed by atoms with Crippen molar-refractivity contribution in [2.45, 2.75) is 19.3 Å². The molecule has 0 bridgehead atoms. The average molecular weight is 390 g/mol. The summed E-state index contributed by atoms with van der Waals surface area (Å²) in [4.78, 5) is 15.4. The number of carbonyl (C=O) groups is 1. The number of rotatable bonds is 4. The van der Waals surface area contributed by atoms with Crippen molar-refractivity contribution in [1.29, 1.82) is 0 Å². The maximum absolute atomic E-state index is 12.4. The van der Waals surface area contributed by atoms with Crippen molar-refractivity contribution in [3.8, 4) is 11.5 Å². The van der Waals surface area contributed by atoms with E-state index in [-0.39, 0.29) is 0 Å². The van der Waals surface area contributed by atoms with E-state index in [0.29, 0.717) is 22.1 Å². The molecule has 1 aliphatic heterocycles. The Labute approximate surface area is 163 Å². The Morgan fingerprint density at radius 3 is 2.50 bits per heavy atom. The van der Waals surface area contributed by atoms with Gasteiger partial charge in [-0.3, -0.25) is 0 Å². The number of halogens is 1. The van der Waals surface area contributed by atoms with E-state index in [2.05, 4.69) is 4.90 Å². The first-order valence-electron chi connectivity index (χ1n) is 8.54. The van der Waals surface area contributed by atoms with E-state index in [1.165, 1.54) is 13.5 Å². The molecule has 136 valence electrons. The van der Waals surface area contributed by atoms with Gasteiger partial charge >= 0.3 is 5.97 Å². The van der Waals surface area contributed by atoms with Crippen LogP contribution in [0, 0.1) is 0 Å². The summed E-state index contributed by atoms with van der Waals surface area (Å²) in [7, 11) is 1.54. The molecule has 3 rings (SSSR count). The highest BCUT2D eigenvalue weighted by atomic mass is 35.5. The lowest BCUT2D eigenvalue weighted by Gasteiger charge is -2.29. The second-order valence-corrected chi connectivity index (χ2v) is 6.88. The summed E-state index contributed by atoms with van der Waals surface area (Å²) in [6.07, 6.45) is 3.56. The molecule has 0 N–H and O–H groups in total. The Morgan fingerprint density at radius 2 is 1.81 bits per heavy atom. The molecule has 1 heterocycles. The molecule has 0 spiro atoms. The van der Waals surface area contributed by atoms with E-state index in [1.54, 1.807) is 30.3 Å². The number of carbonyl (C=O) groups excluding carboxylic acids is 1. The second kappa shape index (κ2) is 8.52. The summed E-state index contributed by atoms with van der Waals surface area (Å²) in [5, 5.41) is 0.347. The number of nitrogens with zero attached hydrogens (tertiary/aromatic N) is 1. The predicted molar refractivity (Wildman–Crippen MR) is 107 cm³/mol. The average Bonchev–Trinajstić information content (AvgIpc) is 2.68. The van der Waals surface area contributed by atoms with E-state index in [0.717, 1.165) is 36.5 Å². The molecule has 0 aromatic heterocycles. The number of thiocarbonyl (C=S) groups is 1. The number of hydrogen-bond acceptors (Lipinski definition) is 4. The van der Waals surface area contributed by atoms with Gasteiger partial charge < -0.3 is 14.4 Å². The summed E-state index contributed by atoms with van der Waals surface area (Å²) in [6, 6.07) is 12.1. The smallest absolute Gasteiger partial charge is 0.345 e. The van der Waals surface area contributed by atoms with Gasteiger partial charge in [-0.05, 0) is 49.6 Å². The molecule has 0 saturated carbocycles. The zero-order chi connectivity index (χ0) is 18.5. The van der Waals surface area contributed by atoms with Crippen molar-refractivity contribution in [2.75, 3.05) is 20.2 Å². The highest BCUT2D eigenvalue weighted by Crippen LogP contribution is 2.30. The van der Waals surface area contributed by atoms with Gasteiger partial charge in [-0.15, -0.1) is 0 Å². The Bertz CT molecular complexity index is 818. The quantitative estimate of drug-likeness (QED) is 0.429. The number of piperidine rings is 1. The van der Waals surface area contributed by atoms with Crippen LogP contribution in [0.1, 0.15) is 35.2 Å². The molecular formula is C20H20ClNO3S. The third-order valence-electron chi connectivity index (χ3n) is 4.35. The van der Waals surface area contributed by atoms with Gasteiger partial charge in [0.25, 0.3) is 0 Å². The third kappa shape index (κ3) is 4.17. The van der Waals surface area contributed by atoms with Crippen LogP contribution in [0.5, 0.6) is 11.5 Å². The predicted octanol–water partition coefficient (Wildman–Crippen LogP) is 4.73. The minimum Gasteiger partial charge on any atom is -0.493 e. The normalized spacial score (nSPS) is 14.0. The lowest BCUT2D eigenvalue weighted by Crippen LogP contribution is -2.34. The van der Waals surface area contributed by atoms with E-state index in [4.69, 9.17) is 33.3 Å². The Balaban J connectivity index is 1.79. The standard InChI is InChI=1S/C20H20ClNO3S/c1-24-18-13-14(19(26)22-11-5-2-6-12-22)9-10-17(18)25-20(23)15-7-3-4-8-16(15)21/h3-4,7-10,13H,2,5-6,11-12H2,1H3. The van der Waals surface area contributed by atoms with Crippen LogP contribution >= 0.6 is 23.8 Å². The van der Waals surface area contributed by atoms with E-state index >= 15 is 0 Å². The monoisotopic (exact) mass is 389 g/mol. The minimum atomic E-state index is -0.528. The van der Waals surface area contributed by atoms with Gasteiger partial charge in [0.15, 0.2) is 11.5 Å². The fourth-order valence-electron chi connectivity index (χ4n) is 2.95. The Hall–Kier alpha value is -2.11. The van der Waals surface area contributed by atoms with Crippen LogP contribution in [-0.2, 0) is 0 Å². The number of esters is 1. The molecule has 0 atom stereocenters. The molecule has 4 nitrogen and oxygen atoms in total. The van der Waals surface area contributed by atoms with Crippen LogP contribution in [0.3, 0.4) is 0 Å². The maximum atomic E-state index is 12.4. The molecule has 2 aromatic rings. The number of hydrogen-bond donors (Lipinski definition) is 0. The summed E-state index contributed by atoms with van der Waals surface area (Å²) in [6.45, 7) is 1.95. The van der Waals surface area contributed by atoms with Crippen LogP contribution in [0.4, 0.5) is 0 Å². The number of likely N-dealkylation sites (tertiary alicyclic amines) is 1. The van der Waals surface area contributed by atoms with Crippen LogP contribution < -0.4 is 9.47 Å². The highest BCUT2D eigenvalue weighted by molar-refractivity contribution is 7.80. The van der Waals surface area contributed by atoms with Crippen LogP contribution in [-0.4, -0.2) is 36.1 Å². The summed E-state index contributed by atoms with van der Waals surface area (Å²) in [5.41, 5.74) is 1.19. The largest absolute Gasteiger partial charge is 0.493 e. The van der Waals surface area contributed by atoms with Gasteiger partial charge in [0.2, 0.25) is 0 Å². The molecule has 1 aliphatic rings. The summed E-state index contributed by atoms with van der Waals surface area (Å²) in [5.74, 6) is 0.269. The first-order chi connectivity index (χ1) is 12.6. The first kappa shape index (κ1) is 18.7. The van der Waals surface area contributed by atoms with Gasteiger partial charge in [0.05, 0.1) is 17.7 Å². The molecule has 1 saturated heterocycles. The van der Waals surface area contributed by atoms with Crippen molar-refractivity contribution in [3.63, 3.8) is 0 Å². The van der Waals surface area contributed by atoms with Gasteiger partial charge in [0, 0.05) is 18.7 Å². The van der Waals surface area contributed by atoms with E-state index < -0.39 is 5.97 Å². The van der Waals surface area contributed by atoms with Gasteiger partial charge in [-0.1, -0.05) is 36.0 Å². The first-order valence-corrected chi connectivity index (χ1v) is 9.33. The zero-order valence-electron chi connectivity index (χ0n) is 14.5. The SMILES string of the molecule is COc1cc(C(=S)N2CCCCC2)ccc1OC(=O)c1ccccc1Cl. The molecule has 26 heavy (non-hydrogen) atoms. The zero-order valence-corrected chi connectivity index (χ0v) is 16.1. The van der Waals surface area contributed by atoms with E-state index in [9.17, 15) is 4.79 Å². The van der Waals surface area contributed by atoms with Crippen molar-refractivity contribution >= 4 is 34.8 Å². The number of ether oxygens (including phenoxy) is 2. The van der Waals surface area contributed by atoms with Gasteiger partial charge in [-0.2, -0.15) is 0 Å². The van der Waals surface area contributed by atoms with Gasteiger partial charge in [-0.25, -0.2) is 4.79 Å².